The van der Waals surface area contributed by atoms with Gasteiger partial charge in [0.25, 0.3) is 0 Å². The normalized spacial score (nSPS) is 14.3. The average Bonchev–Trinajstić information content (AvgIpc) is 2.63. The second-order valence-electron chi connectivity index (χ2n) is 5.19. The number of aromatic nitrogens is 2. The number of aryl methyl sites for hydroxylation is 1. The van der Waals surface area contributed by atoms with Crippen LogP contribution in [0.5, 0.6) is 0 Å². The lowest BCUT2D eigenvalue weighted by Gasteiger charge is -2.17. The van der Waals surface area contributed by atoms with Crippen LogP contribution < -0.4 is 5.32 Å². The van der Waals surface area contributed by atoms with E-state index >= 15 is 0 Å². The minimum Gasteiger partial charge on any atom is -0.362 e. The van der Waals surface area contributed by atoms with Crippen molar-refractivity contribution in [3.05, 3.63) is 15.8 Å². The third-order valence-corrected chi connectivity index (χ3v) is 3.76. The molecule has 0 bridgehead atoms. The molecular formula is C12H22N4O3S. The zero-order valence-corrected chi connectivity index (χ0v) is 13.4. The molecule has 1 rings (SSSR count). The highest BCUT2D eigenvalue weighted by atomic mass is 32.2. The summed E-state index contributed by atoms with van der Waals surface area (Å²) in [6.07, 6.45) is 2.33. The molecule has 0 amide bonds. The van der Waals surface area contributed by atoms with Gasteiger partial charge in [-0.25, -0.2) is 4.68 Å². The lowest BCUT2D eigenvalue weighted by Crippen LogP contribution is -2.21. The summed E-state index contributed by atoms with van der Waals surface area (Å²) >= 11 is 0. The number of nitrogens with zero attached hydrogens (tertiary/aromatic N) is 3. The lowest BCUT2D eigenvalue weighted by atomic mass is 10.2. The Bertz CT molecular complexity index is 513. The van der Waals surface area contributed by atoms with Crippen molar-refractivity contribution in [1.82, 2.24) is 9.78 Å². The smallest absolute Gasteiger partial charge is 0.333 e. The third kappa shape index (κ3) is 4.03. The fourth-order valence-corrected chi connectivity index (χ4v) is 2.60. The summed E-state index contributed by atoms with van der Waals surface area (Å²) in [7, 11) is -0.864. The fourth-order valence-electron chi connectivity index (χ4n) is 1.91. The Morgan fingerprint density at radius 3 is 2.50 bits per heavy atom. The van der Waals surface area contributed by atoms with E-state index in [0.717, 1.165) is 0 Å². The summed E-state index contributed by atoms with van der Waals surface area (Å²) in [4.78, 5) is 10.8. The average molecular weight is 302 g/mol. The van der Waals surface area contributed by atoms with Crippen molar-refractivity contribution in [1.29, 1.82) is 0 Å². The molecule has 1 heterocycles. The van der Waals surface area contributed by atoms with E-state index in [9.17, 15) is 14.3 Å². The highest BCUT2D eigenvalue weighted by Gasteiger charge is 2.27. The largest absolute Gasteiger partial charge is 0.362 e. The van der Waals surface area contributed by atoms with Crippen molar-refractivity contribution in [2.24, 2.45) is 0 Å². The molecule has 0 saturated heterocycles. The monoisotopic (exact) mass is 302 g/mol. The summed E-state index contributed by atoms with van der Waals surface area (Å²) in [5, 5.41) is 18.6. The molecule has 20 heavy (non-hydrogen) atoms. The fraction of sp³-hybridized carbons (Fsp3) is 0.750. The maximum Gasteiger partial charge on any atom is 0.333 e. The maximum atomic E-state index is 11.2. The molecule has 0 saturated carbocycles. The molecule has 2 atom stereocenters. The van der Waals surface area contributed by atoms with Crippen LogP contribution in [0.3, 0.4) is 0 Å². The molecule has 0 radical (unpaired) electrons. The van der Waals surface area contributed by atoms with Gasteiger partial charge in [0.1, 0.15) is 5.69 Å². The molecule has 1 aromatic rings. The predicted molar refractivity (Wildman–Crippen MR) is 80.6 cm³/mol. The molecule has 0 aromatic carbocycles. The van der Waals surface area contributed by atoms with Crippen molar-refractivity contribution < 1.29 is 9.13 Å². The Morgan fingerprint density at radius 2 is 2.05 bits per heavy atom. The number of nitrogens with one attached hydrogen (secondary N) is 1. The molecule has 114 valence electrons. The minimum atomic E-state index is -0.864. The van der Waals surface area contributed by atoms with E-state index in [1.165, 1.54) is 0 Å². The van der Waals surface area contributed by atoms with Crippen molar-refractivity contribution in [2.75, 3.05) is 17.3 Å². The molecule has 0 aliphatic rings. The Hall–Kier alpha value is -1.44. The van der Waals surface area contributed by atoms with Crippen LogP contribution in [0, 0.1) is 17.0 Å². The van der Waals surface area contributed by atoms with Crippen LogP contribution in [0.25, 0.3) is 0 Å². The van der Waals surface area contributed by atoms with Crippen LogP contribution in [0.2, 0.25) is 0 Å². The first-order valence-electron chi connectivity index (χ1n) is 6.54. The summed E-state index contributed by atoms with van der Waals surface area (Å²) in [6.45, 7) is 7.40. The van der Waals surface area contributed by atoms with Crippen molar-refractivity contribution in [3.8, 4) is 0 Å². The Morgan fingerprint density at radius 1 is 1.45 bits per heavy atom. The molecule has 8 heteroatoms. The molecule has 0 aliphatic heterocycles. The molecular weight excluding hydrogens is 280 g/mol. The first-order chi connectivity index (χ1) is 9.23. The van der Waals surface area contributed by atoms with Gasteiger partial charge >= 0.3 is 5.69 Å². The summed E-state index contributed by atoms with van der Waals surface area (Å²) in [5.74, 6) is 0.994. The molecule has 7 nitrogen and oxygen atoms in total. The Kier molecular flexibility index (Phi) is 5.67. The van der Waals surface area contributed by atoms with Gasteiger partial charge < -0.3 is 5.32 Å². The van der Waals surface area contributed by atoms with Gasteiger partial charge in [0, 0.05) is 34.9 Å². The van der Waals surface area contributed by atoms with E-state index in [1.807, 2.05) is 20.8 Å². The van der Waals surface area contributed by atoms with Crippen molar-refractivity contribution in [2.45, 2.75) is 46.2 Å². The van der Waals surface area contributed by atoms with Gasteiger partial charge in [0.05, 0.1) is 4.92 Å². The van der Waals surface area contributed by atoms with E-state index < -0.39 is 15.7 Å². The van der Waals surface area contributed by atoms with Gasteiger partial charge in [-0.1, -0.05) is 0 Å². The van der Waals surface area contributed by atoms with Crippen molar-refractivity contribution in [3.63, 3.8) is 0 Å². The number of hydrogen-bond donors (Lipinski definition) is 1. The molecule has 2 unspecified atom stereocenters. The van der Waals surface area contributed by atoms with E-state index in [0.29, 0.717) is 23.7 Å². The van der Waals surface area contributed by atoms with E-state index in [-0.39, 0.29) is 17.8 Å². The maximum absolute atomic E-state index is 11.2. The van der Waals surface area contributed by atoms with Gasteiger partial charge in [-0.05, 0) is 34.1 Å². The number of anilines is 1. The summed E-state index contributed by atoms with van der Waals surface area (Å²) in [6, 6.07) is 0.0172. The zero-order chi connectivity index (χ0) is 15.4. The topological polar surface area (TPSA) is 90.1 Å². The summed E-state index contributed by atoms with van der Waals surface area (Å²) < 4.78 is 12.7. The highest BCUT2D eigenvalue weighted by Crippen LogP contribution is 2.31. The highest BCUT2D eigenvalue weighted by molar-refractivity contribution is 7.84. The van der Waals surface area contributed by atoms with E-state index in [4.69, 9.17) is 0 Å². The predicted octanol–water partition coefficient (Wildman–Crippen LogP) is 2.25. The molecule has 0 spiro atoms. The van der Waals surface area contributed by atoms with Gasteiger partial charge in [-0.15, -0.1) is 0 Å². The van der Waals surface area contributed by atoms with Crippen molar-refractivity contribution >= 4 is 22.3 Å². The standard InChI is InChI=1S/C12H22N4O3S/c1-8(2)15-12(11(16(17)18)10(4)14-15)13-9(3)6-7-20(5)19/h8-9,13H,6-7H2,1-5H3. The van der Waals surface area contributed by atoms with Crippen LogP contribution in [0.1, 0.15) is 38.9 Å². The number of nitro groups is 1. The van der Waals surface area contributed by atoms with Gasteiger partial charge in [-0.3, -0.25) is 14.3 Å². The van der Waals surface area contributed by atoms with Crippen LogP contribution in [-0.2, 0) is 10.8 Å². The SMILES string of the molecule is Cc1nn(C(C)C)c(NC(C)CCS(C)=O)c1[N+](=O)[O-]. The lowest BCUT2D eigenvalue weighted by molar-refractivity contribution is -0.384. The van der Waals surface area contributed by atoms with Crippen LogP contribution in [0.15, 0.2) is 0 Å². The van der Waals surface area contributed by atoms with Crippen LogP contribution in [0.4, 0.5) is 11.5 Å². The van der Waals surface area contributed by atoms with E-state index in [2.05, 4.69) is 10.4 Å². The Labute approximate surface area is 121 Å². The van der Waals surface area contributed by atoms with Gasteiger partial charge in [0.2, 0.25) is 5.82 Å². The minimum absolute atomic E-state index is 0.00815. The first-order valence-corrected chi connectivity index (χ1v) is 8.26. The molecule has 0 aliphatic carbocycles. The second-order valence-corrected chi connectivity index (χ2v) is 6.74. The number of hydrogen-bond acceptors (Lipinski definition) is 5. The Balaban J connectivity index is 3.02. The molecule has 1 N–H and O–H groups in total. The number of rotatable bonds is 7. The van der Waals surface area contributed by atoms with E-state index in [1.54, 1.807) is 17.9 Å². The third-order valence-electron chi connectivity index (χ3n) is 2.95. The second kappa shape index (κ2) is 6.83. The van der Waals surface area contributed by atoms with Crippen LogP contribution in [-0.4, -0.2) is 37.0 Å². The molecule has 1 aromatic heterocycles. The molecule has 0 fully saturated rings. The quantitative estimate of drug-likeness (QED) is 0.616. The van der Waals surface area contributed by atoms with Crippen LogP contribution >= 0.6 is 0 Å². The first kappa shape index (κ1) is 16.6. The van der Waals surface area contributed by atoms with Gasteiger partial charge in [0.15, 0.2) is 0 Å². The summed E-state index contributed by atoms with van der Waals surface area (Å²) in [5.41, 5.74) is 0.417. The van der Waals surface area contributed by atoms with Gasteiger partial charge in [-0.2, -0.15) is 5.10 Å². The zero-order valence-electron chi connectivity index (χ0n) is 12.5.